The summed E-state index contributed by atoms with van der Waals surface area (Å²) in [6.45, 7) is 1.58. The number of ether oxygens (including phenoxy) is 3. The normalized spacial score (nSPS) is 27.5. The van der Waals surface area contributed by atoms with Gasteiger partial charge in [-0.05, 0) is 18.2 Å². The number of carbonyl (C=O) groups is 3. The van der Waals surface area contributed by atoms with Crippen molar-refractivity contribution in [2.24, 2.45) is 0 Å². The van der Waals surface area contributed by atoms with Crippen molar-refractivity contribution in [3.63, 3.8) is 0 Å². The summed E-state index contributed by atoms with van der Waals surface area (Å²) in [4.78, 5) is 34.8. The van der Waals surface area contributed by atoms with Crippen LogP contribution in [0.25, 0.3) is 0 Å². The van der Waals surface area contributed by atoms with E-state index in [1.807, 2.05) is 0 Å². The van der Waals surface area contributed by atoms with Gasteiger partial charge in [0.15, 0.2) is 17.8 Å². The molecule has 1 aromatic carbocycles. The maximum Gasteiger partial charge on any atom is 0.338 e. The van der Waals surface area contributed by atoms with E-state index in [4.69, 9.17) is 14.2 Å². The SMILES string of the molecule is CC(=O)O[C@@H]1[C@H](OC(C)=O)C=C[C@H](O)[C@]1(O)COC(=O)c1ccccc1. The zero-order valence-corrected chi connectivity index (χ0v) is 14.3. The van der Waals surface area contributed by atoms with Crippen LogP contribution in [0.1, 0.15) is 24.2 Å². The maximum atomic E-state index is 12.1. The van der Waals surface area contributed by atoms with Crippen molar-refractivity contribution < 1.29 is 38.8 Å². The molecule has 2 N–H and O–H groups in total. The van der Waals surface area contributed by atoms with Crippen LogP contribution >= 0.6 is 0 Å². The highest BCUT2D eigenvalue weighted by molar-refractivity contribution is 5.89. The van der Waals surface area contributed by atoms with Crippen molar-refractivity contribution in [2.75, 3.05) is 6.61 Å². The van der Waals surface area contributed by atoms with Crippen LogP contribution in [0, 0.1) is 0 Å². The molecule has 0 fully saturated rings. The van der Waals surface area contributed by atoms with E-state index in [-0.39, 0.29) is 5.56 Å². The molecule has 0 aromatic heterocycles. The van der Waals surface area contributed by atoms with E-state index in [0.717, 1.165) is 13.8 Å². The molecule has 0 amide bonds. The summed E-state index contributed by atoms with van der Waals surface area (Å²) in [5.41, 5.74) is -1.94. The third kappa shape index (κ3) is 4.47. The number of rotatable bonds is 5. The molecule has 1 aromatic rings. The van der Waals surface area contributed by atoms with Gasteiger partial charge >= 0.3 is 17.9 Å². The van der Waals surface area contributed by atoms with Gasteiger partial charge in [-0.25, -0.2) is 4.79 Å². The predicted octanol–water partition coefficient (Wildman–Crippen LogP) is 0.369. The van der Waals surface area contributed by atoms with Gasteiger partial charge in [-0.2, -0.15) is 0 Å². The van der Waals surface area contributed by atoms with E-state index >= 15 is 0 Å². The fourth-order valence-corrected chi connectivity index (χ4v) is 2.58. The minimum absolute atomic E-state index is 0.248. The van der Waals surface area contributed by atoms with Gasteiger partial charge in [-0.15, -0.1) is 0 Å². The van der Waals surface area contributed by atoms with Crippen LogP contribution in [0.15, 0.2) is 42.5 Å². The molecular formula is C18H20O8. The first-order chi connectivity index (χ1) is 12.2. The first-order valence-electron chi connectivity index (χ1n) is 7.89. The molecule has 1 aliphatic carbocycles. The van der Waals surface area contributed by atoms with Gasteiger partial charge in [-0.3, -0.25) is 9.59 Å². The zero-order valence-electron chi connectivity index (χ0n) is 14.3. The fourth-order valence-electron chi connectivity index (χ4n) is 2.58. The van der Waals surface area contributed by atoms with Crippen LogP contribution in [-0.4, -0.2) is 58.6 Å². The molecule has 2 rings (SSSR count). The Kier molecular flexibility index (Phi) is 6.12. The molecule has 0 aliphatic heterocycles. The van der Waals surface area contributed by atoms with Gasteiger partial charge in [0, 0.05) is 13.8 Å². The molecule has 0 bridgehead atoms. The van der Waals surface area contributed by atoms with Crippen LogP contribution in [0.4, 0.5) is 0 Å². The molecule has 0 spiro atoms. The molecular weight excluding hydrogens is 344 g/mol. The Morgan fingerprint density at radius 2 is 1.65 bits per heavy atom. The Hall–Kier alpha value is -2.71. The van der Waals surface area contributed by atoms with Gasteiger partial charge in [-0.1, -0.05) is 24.3 Å². The lowest BCUT2D eigenvalue weighted by atomic mass is 9.82. The number of aliphatic hydroxyl groups excluding tert-OH is 1. The summed E-state index contributed by atoms with van der Waals surface area (Å²) in [6, 6.07) is 8.05. The standard InChI is InChI=1S/C18H20O8/c1-11(19)25-14-8-9-15(21)18(23,16(14)26-12(2)20)10-24-17(22)13-6-4-3-5-7-13/h3-9,14-16,21,23H,10H2,1-2H3/t14-,15+,16-,18-/m1/s1. The molecule has 8 nitrogen and oxygen atoms in total. The van der Waals surface area contributed by atoms with Crippen LogP contribution in [0.3, 0.4) is 0 Å². The van der Waals surface area contributed by atoms with Crippen molar-refractivity contribution in [1.29, 1.82) is 0 Å². The number of hydrogen-bond acceptors (Lipinski definition) is 8. The van der Waals surface area contributed by atoms with Crippen molar-refractivity contribution in [3.8, 4) is 0 Å². The summed E-state index contributed by atoms with van der Waals surface area (Å²) in [6.07, 6.45) is -1.62. The second-order valence-electron chi connectivity index (χ2n) is 5.87. The highest BCUT2D eigenvalue weighted by Gasteiger charge is 2.53. The van der Waals surface area contributed by atoms with E-state index in [2.05, 4.69) is 0 Å². The highest BCUT2D eigenvalue weighted by atomic mass is 16.6. The molecule has 140 valence electrons. The van der Waals surface area contributed by atoms with E-state index in [1.165, 1.54) is 24.3 Å². The highest BCUT2D eigenvalue weighted by Crippen LogP contribution is 2.30. The molecule has 8 heteroatoms. The second kappa shape index (κ2) is 8.11. The predicted molar refractivity (Wildman–Crippen MR) is 87.9 cm³/mol. The first-order valence-corrected chi connectivity index (χ1v) is 7.89. The molecule has 0 unspecified atom stereocenters. The quantitative estimate of drug-likeness (QED) is 0.437. The van der Waals surface area contributed by atoms with Crippen LogP contribution in [0.5, 0.6) is 0 Å². The van der Waals surface area contributed by atoms with Crippen molar-refractivity contribution in [1.82, 2.24) is 0 Å². The third-order valence-electron chi connectivity index (χ3n) is 3.83. The van der Waals surface area contributed by atoms with E-state index in [9.17, 15) is 24.6 Å². The first kappa shape index (κ1) is 19.6. The Morgan fingerprint density at radius 3 is 2.23 bits per heavy atom. The maximum absolute atomic E-state index is 12.1. The van der Waals surface area contributed by atoms with E-state index in [1.54, 1.807) is 18.2 Å². The molecule has 0 radical (unpaired) electrons. The van der Waals surface area contributed by atoms with E-state index < -0.39 is 48.4 Å². The van der Waals surface area contributed by atoms with Crippen LogP contribution < -0.4 is 0 Å². The topological polar surface area (TPSA) is 119 Å². The minimum atomic E-state index is -2.19. The largest absolute Gasteiger partial charge is 0.459 e. The van der Waals surface area contributed by atoms with Crippen LogP contribution in [0.2, 0.25) is 0 Å². The molecule has 0 heterocycles. The lowest BCUT2D eigenvalue weighted by Crippen LogP contribution is -2.63. The second-order valence-corrected chi connectivity index (χ2v) is 5.87. The average molecular weight is 364 g/mol. The lowest BCUT2D eigenvalue weighted by Gasteiger charge is -2.42. The molecule has 0 saturated carbocycles. The Bertz CT molecular complexity index is 698. The number of hydrogen-bond donors (Lipinski definition) is 2. The van der Waals surface area contributed by atoms with Crippen molar-refractivity contribution >= 4 is 17.9 Å². The monoisotopic (exact) mass is 364 g/mol. The molecule has 1 aliphatic rings. The summed E-state index contributed by atoms with van der Waals surface area (Å²) in [7, 11) is 0. The van der Waals surface area contributed by atoms with Gasteiger partial charge in [0.25, 0.3) is 0 Å². The molecule has 4 atom stereocenters. The number of carbonyl (C=O) groups excluding carboxylic acids is 3. The van der Waals surface area contributed by atoms with E-state index in [0.29, 0.717) is 0 Å². The zero-order chi connectivity index (χ0) is 19.3. The summed E-state index contributed by atoms with van der Waals surface area (Å²) < 4.78 is 15.2. The number of aliphatic hydroxyl groups is 2. The average Bonchev–Trinajstić information content (AvgIpc) is 2.60. The summed E-state index contributed by atoms with van der Waals surface area (Å²) >= 11 is 0. The third-order valence-corrected chi connectivity index (χ3v) is 3.83. The summed E-state index contributed by atoms with van der Waals surface area (Å²) in [5.74, 6) is -2.16. The number of esters is 3. The number of benzene rings is 1. The minimum Gasteiger partial charge on any atom is -0.459 e. The Labute approximate surface area is 150 Å². The van der Waals surface area contributed by atoms with Gasteiger partial charge < -0.3 is 24.4 Å². The van der Waals surface area contributed by atoms with Gasteiger partial charge in [0.1, 0.15) is 12.7 Å². The Balaban J connectivity index is 2.22. The van der Waals surface area contributed by atoms with Gasteiger partial charge in [0.2, 0.25) is 0 Å². The lowest BCUT2D eigenvalue weighted by molar-refractivity contribution is -0.211. The summed E-state index contributed by atoms with van der Waals surface area (Å²) in [5, 5.41) is 21.1. The molecule has 26 heavy (non-hydrogen) atoms. The Morgan fingerprint density at radius 1 is 1.04 bits per heavy atom. The smallest absolute Gasteiger partial charge is 0.338 e. The molecule has 0 saturated heterocycles. The fraction of sp³-hybridized carbons (Fsp3) is 0.389. The van der Waals surface area contributed by atoms with Crippen molar-refractivity contribution in [2.45, 2.75) is 37.8 Å². The van der Waals surface area contributed by atoms with Crippen molar-refractivity contribution in [3.05, 3.63) is 48.0 Å². The van der Waals surface area contributed by atoms with Crippen LogP contribution in [-0.2, 0) is 23.8 Å². The van der Waals surface area contributed by atoms with Gasteiger partial charge in [0.05, 0.1) is 5.56 Å².